The molecule has 0 aliphatic carbocycles. The fraction of sp³-hybridized carbons (Fsp3) is 0.400. The van der Waals surface area contributed by atoms with Gasteiger partial charge in [0.25, 0.3) is 0 Å². The first-order valence-electron chi connectivity index (χ1n) is 7.03. The Bertz CT molecular complexity index is 690. The van der Waals surface area contributed by atoms with E-state index in [4.69, 9.17) is 9.52 Å². The molecule has 1 aromatic heterocycles. The van der Waals surface area contributed by atoms with E-state index in [1.54, 1.807) is 24.3 Å². The maximum Gasteiger partial charge on any atom is 0.242 e. The minimum Gasteiger partial charge on any atom is -0.500 e. The first-order valence-corrected chi connectivity index (χ1v) is 7.03. The Kier molecular flexibility index (Phi) is 3.81. The van der Waals surface area contributed by atoms with Crippen molar-refractivity contribution in [3.05, 3.63) is 34.5 Å². The van der Waals surface area contributed by atoms with Gasteiger partial charge in [-0.1, -0.05) is 12.1 Å². The monoisotopic (exact) mass is 290 g/mol. The van der Waals surface area contributed by atoms with Crippen molar-refractivity contribution in [1.82, 2.24) is 4.90 Å². The first kappa shape index (κ1) is 13.9. The van der Waals surface area contributed by atoms with Crippen LogP contribution < -0.4 is 10.3 Å². The molecule has 0 bridgehead atoms. The van der Waals surface area contributed by atoms with Crippen LogP contribution in [0.5, 0.6) is 5.75 Å². The zero-order valence-electron chi connectivity index (χ0n) is 11.7. The summed E-state index contributed by atoms with van der Waals surface area (Å²) in [6, 6.07) is 6.91. The Hall–Kier alpha value is -2.05. The second-order valence-corrected chi connectivity index (χ2v) is 5.13. The lowest BCUT2D eigenvalue weighted by Crippen LogP contribution is -2.47. The first-order chi connectivity index (χ1) is 10.2. The van der Waals surface area contributed by atoms with Gasteiger partial charge in [-0.25, -0.2) is 0 Å². The number of β-amino-alcohol motifs (C(OH)–C–C–N with tert-alkyl or cyclic N) is 1. The van der Waals surface area contributed by atoms with Gasteiger partial charge in [-0.05, 0) is 12.1 Å². The van der Waals surface area contributed by atoms with Crippen molar-refractivity contribution >= 4 is 16.9 Å². The highest BCUT2D eigenvalue weighted by Crippen LogP contribution is 2.28. The summed E-state index contributed by atoms with van der Waals surface area (Å²) in [7, 11) is 0. The fourth-order valence-electron chi connectivity index (χ4n) is 2.65. The van der Waals surface area contributed by atoms with E-state index in [9.17, 15) is 9.90 Å². The summed E-state index contributed by atoms with van der Waals surface area (Å²) >= 11 is 0. The van der Waals surface area contributed by atoms with Crippen LogP contribution in [0.3, 0.4) is 0 Å². The molecular weight excluding hydrogens is 272 g/mol. The van der Waals surface area contributed by atoms with E-state index in [0.717, 1.165) is 13.1 Å². The van der Waals surface area contributed by atoms with Crippen molar-refractivity contribution in [3.8, 4) is 5.75 Å². The third-order valence-corrected chi connectivity index (χ3v) is 3.83. The summed E-state index contributed by atoms with van der Waals surface area (Å²) < 4.78 is 5.72. The summed E-state index contributed by atoms with van der Waals surface area (Å²) in [5.74, 6) is -0.0911. The third-order valence-electron chi connectivity index (χ3n) is 3.83. The van der Waals surface area contributed by atoms with Gasteiger partial charge in [-0.2, -0.15) is 0 Å². The molecule has 6 nitrogen and oxygen atoms in total. The standard InChI is InChI=1S/C15H18N2O4/c18-10-9-16-5-7-17(8-6-16)15-14(20)13(19)11-3-1-2-4-12(11)21-15/h1-4,18,20H,5-10H2. The van der Waals surface area contributed by atoms with E-state index < -0.39 is 5.43 Å². The lowest BCUT2D eigenvalue weighted by atomic mass is 10.2. The predicted molar refractivity (Wildman–Crippen MR) is 79.9 cm³/mol. The van der Waals surface area contributed by atoms with E-state index in [2.05, 4.69) is 4.90 Å². The van der Waals surface area contributed by atoms with Crippen LogP contribution in [-0.2, 0) is 0 Å². The molecule has 2 N–H and O–H groups in total. The topological polar surface area (TPSA) is 77.2 Å². The average molecular weight is 290 g/mol. The summed E-state index contributed by atoms with van der Waals surface area (Å²) in [5.41, 5.74) is 0.0812. The van der Waals surface area contributed by atoms with E-state index in [-0.39, 0.29) is 18.2 Å². The molecule has 6 heteroatoms. The Morgan fingerprint density at radius 3 is 2.57 bits per heavy atom. The third kappa shape index (κ3) is 2.59. The van der Waals surface area contributed by atoms with Gasteiger partial charge in [0, 0.05) is 32.7 Å². The highest BCUT2D eigenvalue weighted by molar-refractivity contribution is 5.80. The summed E-state index contributed by atoms with van der Waals surface area (Å²) in [6.45, 7) is 3.59. The molecule has 0 unspecified atom stereocenters. The molecular formula is C15H18N2O4. The van der Waals surface area contributed by atoms with Crippen molar-refractivity contribution < 1.29 is 14.6 Å². The smallest absolute Gasteiger partial charge is 0.242 e. The van der Waals surface area contributed by atoms with Crippen LogP contribution in [0.25, 0.3) is 11.0 Å². The largest absolute Gasteiger partial charge is 0.500 e. The second kappa shape index (κ2) is 5.75. The lowest BCUT2D eigenvalue weighted by Gasteiger charge is -2.34. The number of anilines is 1. The minimum atomic E-state index is -0.398. The number of fused-ring (bicyclic) bond motifs is 1. The SMILES string of the molecule is O=c1c(O)c(N2CCN(CCO)CC2)oc2ccccc12. The number of hydrogen-bond acceptors (Lipinski definition) is 6. The van der Waals surface area contributed by atoms with Crippen molar-refractivity contribution in [2.24, 2.45) is 0 Å². The molecule has 21 heavy (non-hydrogen) atoms. The molecule has 0 spiro atoms. The van der Waals surface area contributed by atoms with Gasteiger partial charge in [0.2, 0.25) is 17.1 Å². The normalized spacial score (nSPS) is 16.5. The van der Waals surface area contributed by atoms with Gasteiger partial charge >= 0.3 is 0 Å². The van der Waals surface area contributed by atoms with Crippen molar-refractivity contribution in [2.45, 2.75) is 0 Å². The highest BCUT2D eigenvalue weighted by atomic mass is 16.4. The summed E-state index contributed by atoms with van der Waals surface area (Å²) in [6.07, 6.45) is 0. The molecule has 0 saturated carbocycles. The Balaban J connectivity index is 1.91. The van der Waals surface area contributed by atoms with Crippen LogP contribution in [0.2, 0.25) is 0 Å². The molecule has 0 radical (unpaired) electrons. The number of para-hydroxylation sites is 1. The number of piperazine rings is 1. The van der Waals surface area contributed by atoms with Crippen molar-refractivity contribution in [2.75, 3.05) is 44.2 Å². The van der Waals surface area contributed by atoms with Gasteiger partial charge in [0.15, 0.2) is 0 Å². The molecule has 2 heterocycles. The van der Waals surface area contributed by atoms with Gasteiger partial charge in [0.1, 0.15) is 5.58 Å². The van der Waals surface area contributed by atoms with Crippen molar-refractivity contribution in [1.29, 1.82) is 0 Å². The minimum absolute atomic E-state index is 0.135. The number of nitrogens with zero attached hydrogens (tertiary/aromatic N) is 2. The molecule has 0 amide bonds. The average Bonchev–Trinajstić information content (AvgIpc) is 2.52. The maximum absolute atomic E-state index is 12.2. The molecule has 1 fully saturated rings. The molecule has 0 atom stereocenters. The molecule has 1 aliphatic rings. The number of rotatable bonds is 3. The molecule has 1 aromatic carbocycles. The van der Waals surface area contributed by atoms with Crippen LogP contribution in [0.15, 0.2) is 33.5 Å². The van der Waals surface area contributed by atoms with E-state index >= 15 is 0 Å². The molecule has 1 aliphatic heterocycles. The number of benzene rings is 1. The van der Waals surface area contributed by atoms with Gasteiger partial charge < -0.3 is 19.5 Å². The highest BCUT2D eigenvalue weighted by Gasteiger charge is 2.23. The zero-order chi connectivity index (χ0) is 14.8. The van der Waals surface area contributed by atoms with Crippen molar-refractivity contribution in [3.63, 3.8) is 0 Å². The molecule has 1 saturated heterocycles. The van der Waals surface area contributed by atoms with Crippen LogP contribution in [0, 0.1) is 0 Å². The predicted octanol–water partition coefficient (Wildman–Crippen LogP) is 0.613. The quantitative estimate of drug-likeness (QED) is 0.862. The molecule has 112 valence electrons. The fourth-order valence-corrected chi connectivity index (χ4v) is 2.65. The maximum atomic E-state index is 12.2. The summed E-state index contributed by atoms with van der Waals surface area (Å²) in [5, 5.41) is 19.4. The van der Waals surface area contributed by atoms with Crippen LogP contribution in [0.4, 0.5) is 5.88 Å². The Morgan fingerprint density at radius 2 is 1.86 bits per heavy atom. The second-order valence-electron chi connectivity index (χ2n) is 5.13. The Labute approximate surface area is 121 Å². The van der Waals surface area contributed by atoms with E-state index in [1.807, 2.05) is 4.90 Å². The number of aliphatic hydroxyl groups is 1. The number of aromatic hydroxyl groups is 1. The van der Waals surface area contributed by atoms with Crippen LogP contribution in [0.1, 0.15) is 0 Å². The molecule has 2 aromatic rings. The summed E-state index contributed by atoms with van der Waals surface area (Å²) in [4.78, 5) is 16.2. The van der Waals surface area contributed by atoms with Crippen LogP contribution in [-0.4, -0.2) is 54.4 Å². The number of hydrogen-bond donors (Lipinski definition) is 2. The van der Waals surface area contributed by atoms with Gasteiger partial charge in [-0.15, -0.1) is 0 Å². The number of aliphatic hydroxyl groups excluding tert-OH is 1. The van der Waals surface area contributed by atoms with E-state index in [0.29, 0.717) is 30.6 Å². The van der Waals surface area contributed by atoms with Gasteiger partial charge in [0.05, 0.1) is 12.0 Å². The lowest BCUT2D eigenvalue weighted by molar-refractivity contribution is 0.187. The Morgan fingerprint density at radius 1 is 1.14 bits per heavy atom. The molecule has 3 rings (SSSR count). The zero-order valence-corrected chi connectivity index (χ0v) is 11.7. The van der Waals surface area contributed by atoms with E-state index in [1.165, 1.54) is 0 Å². The van der Waals surface area contributed by atoms with Crippen LogP contribution >= 0.6 is 0 Å². The van der Waals surface area contributed by atoms with Gasteiger partial charge in [-0.3, -0.25) is 9.69 Å².